The largest absolute Gasteiger partial charge is 0.548 e. The van der Waals surface area contributed by atoms with Crippen LogP contribution in [-0.2, 0) is 11.2 Å². The van der Waals surface area contributed by atoms with Gasteiger partial charge in [-0.3, -0.25) is 25.1 Å². The summed E-state index contributed by atoms with van der Waals surface area (Å²) in [5.74, 6) is 4.01. The van der Waals surface area contributed by atoms with E-state index in [1.165, 1.54) is 0 Å². The summed E-state index contributed by atoms with van der Waals surface area (Å²) in [5, 5.41) is 35.7. The molecule has 0 unspecified atom stereocenters. The van der Waals surface area contributed by atoms with Crippen LogP contribution in [0.4, 0.5) is 0 Å². The number of hydrogen-bond acceptors (Lipinski definition) is 6. The van der Waals surface area contributed by atoms with Gasteiger partial charge < -0.3 is 15.7 Å². The Balaban J connectivity index is 0.000000421. The topological polar surface area (TPSA) is 232 Å². The van der Waals surface area contributed by atoms with E-state index in [0.717, 1.165) is 43.1 Å². The summed E-state index contributed by atoms with van der Waals surface area (Å²) in [6.45, 7) is 8.91. The van der Waals surface area contributed by atoms with Crippen molar-refractivity contribution in [2.75, 3.05) is 32.1 Å². The first kappa shape index (κ1) is 35.3. The van der Waals surface area contributed by atoms with Crippen LogP contribution >= 0.6 is 10.6 Å². The van der Waals surface area contributed by atoms with E-state index in [2.05, 4.69) is 64.1 Å². The highest BCUT2D eigenvalue weighted by molar-refractivity contribution is 8.24. The Labute approximate surface area is 247 Å². The highest BCUT2D eigenvalue weighted by atomic mass is 32.3. The zero-order chi connectivity index (χ0) is 31.1. The molecule has 0 aliphatic heterocycles. The third-order valence-electron chi connectivity index (χ3n) is 4.89. The van der Waals surface area contributed by atoms with Crippen molar-refractivity contribution in [3.63, 3.8) is 0 Å². The lowest BCUT2D eigenvalue weighted by Crippen LogP contribution is -2.85. The molecule has 0 saturated carbocycles. The lowest BCUT2D eigenvalue weighted by Gasteiger charge is -2.32. The molecule has 42 heavy (non-hydrogen) atoms. The molecule has 10 N–H and O–H groups in total. The van der Waals surface area contributed by atoms with Crippen molar-refractivity contribution in [2.45, 2.75) is 32.1 Å². The molecular formula is C26H40N11O4S+. The number of carbonyl (C=O) groups excluding carboxylic acids is 1. The van der Waals surface area contributed by atoms with Gasteiger partial charge in [0.1, 0.15) is 6.04 Å². The van der Waals surface area contributed by atoms with Gasteiger partial charge in [0, 0.05) is 0 Å². The van der Waals surface area contributed by atoms with E-state index in [4.69, 9.17) is 5.84 Å². The number of nitrogens with two attached hydrogens (primary N) is 1. The number of guanidine groups is 2. The fourth-order valence-electron chi connectivity index (χ4n) is 3.18. The quantitative estimate of drug-likeness (QED) is 0.0202. The Kier molecular flexibility index (Phi) is 17.7. The third-order valence-corrected chi connectivity index (χ3v) is 6.56. The summed E-state index contributed by atoms with van der Waals surface area (Å²) in [7, 11) is -3.31. The summed E-state index contributed by atoms with van der Waals surface area (Å²) < 4.78 is 19.5. The van der Waals surface area contributed by atoms with Crippen molar-refractivity contribution in [2.24, 2.45) is 26.6 Å². The number of carbonyl (C=O) groups is 1. The van der Waals surface area contributed by atoms with Gasteiger partial charge in [-0.1, -0.05) is 52.8 Å². The first-order valence-corrected chi connectivity index (χ1v) is 14.7. The molecule has 0 amide bonds. The van der Waals surface area contributed by atoms with Crippen LogP contribution in [0.3, 0.4) is 0 Å². The molecule has 0 heterocycles. The molecule has 15 nitrogen and oxygen atoms in total. The maximum absolute atomic E-state index is 10.5. The maximum Gasteiger partial charge on any atom is 0.358 e. The zero-order valence-electron chi connectivity index (χ0n) is 23.9. The minimum atomic E-state index is -3.31. The van der Waals surface area contributed by atoms with E-state index in [-0.39, 0.29) is 4.90 Å². The number of carboxylic acid groups (broad SMARTS) is 1. The first-order valence-electron chi connectivity index (χ1n) is 13.0. The van der Waals surface area contributed by atoms with Gasteiger partial charge in [-0.15, -0.1) is 0 Å². The zero-order valence-corrected chi connectivity index (χ0v) is 24.7. The van der Waals surface area contributed by atoms with Gasteiger partial charge in [-0.2, -0.15) is 15.6 Å². The second-order valence-electron chi connectivity index (χ2n) is 8.12. The van der Waals surface area contributed by atoms with Crippen molar-refractivity contribution in [3.8, 4) is 12.1 Å². The smallest absolute Gasteiger partial charge is 0.358 e. The predicted molar refractivity (Wildman–Crippen MR) is 159 cm³/mol. The average Bonchev–Trinajstić information content (AvgIpc) is 2.95. The second kappa shape index (κ2) is 21.1. The predicted octanol–water partition coefficient (Wildman–Crippen LogP) is -2.02. The van der Waals surface area contributed by atoms with E-state index in [0.29, 0.717) is 12.6 Å². The van der Waals surface area contributed by atoms with Crippen LogP contribution in [0.1, 0.15) is 31.9 Å². The van der Waals surface area contributed by atoms with Gasteiger partial charge in [-0.25, -0.2) is 10.3 Å². The summed E-state index contributed by atoms with van der Waals surface area (Å²) in [4.78, 5) is 16.7. The monoisotopic (exact) mass is 602 g/mol. The molecule has 2 aromatic rings. The van der Waals surface area contributed by atoms with Crippen LogP contribution in [0.2, 0.25) is 0 Å². The molecule has 0 fully saturated rings. The van der Waals surface area contributed by atoms with E-state index in [9.17, 15) is 19.0 Å². The van der Waals surface area contributed by atoms with Crippen LogP contribution < -0.4 is 42.2 Å². The normalized spacial score (nSPS) is 11.5. The standard InChI is InChI=1S/C15H16O4S.C11H23N11/c16-15(17)11-20(18,19)14-8-6-13(7-9-14)10-12-4-2-1-3-5-12;1-4-13-10(14-5-2)17-9-18-11(15-6-3)16-7-8-19-21-22-20-12/h1-9,18-19H,10-11H2,(H,16,17);4-6,9H2,1-3H3,(H2,12,19,22)(H2,13,14,17)(H2,15,16,18)/p+1. The van der Waals surface area contributed by atoms with Crippen molar-refractivity contribution in [3.05, 3.63) is 65.7 Å². The third kappa shape index (κ3) is 15.8. The van der Waals surface area contributed by atoms with Gasteiger partial charge >= 0.3 is 11.9 Å². The number of nitrogens with zero attached hydrogens (tertiary/aromatic N) is 4. The Hall–Kier alpha value is -4.72. The SMILES string of the molecule is CCNC(NC[NH+]=C(NCC)NCC)=[NH+]C#CN=N/N=N/N.O=C([O-])CS(O)(O)c1ccc(Cc2ccccc2)cc1. The minimum Gasteiger partial charge on any atom is -0.548 e. The summed E-state index contributed by atoms with van der Waals surface area (Å²) >= 11 is 0. The number of nitrogens with one attached hydrogen (secondary N) is 6. The van der Waals surface area contributed by atoms with Crippen LogP contribution in [0, 0.1) is 12.1 Å². The Bertz CT molecular complexity index is 1230. The lowest BCUT2D eigenvalue weighted by atomic mass is 10.1. The number of hydrogen-bond donors (Lipinski definition) is 9. The summed E-state index contributed by atoms with van der Waals surface area (Å²) in [6, 6.07) is 21.5. The average molecular weight is 603 g/mol. The number of aliphatic carboxylic acids is 1. The fraction of sp³-hybridized carbons (Fsp3) is 0.346. The lowest BCUT2D eigenvalue weighted by molar-refractivity contribution is -0.467. The Morgan fingerprint density at radius 3 is 2.07 bits per heavy atom. The van der Waals surface area contributed by atoms with E-state index in [1.54, 1.807) is 24.3 Å². The molecule has 0 radical (unpaired) electrons. The van der Waals surface area contributed by atoms with Crippen molar-refractivity contribution < 1.29 is 29.0 Å². The second-order valence-corrected chi connectivity index (χ2v) is 10.2. The van der Waals surface area contributed by atoms with E-state index in [1.807, 2.05) is 51.1 Å². The molecule has 16 heteroatoms. The minimum absolute atomic E-state index is 0.221. The number of benzene rings is 2. The molecule has 2 rings (SSSR count). The molecule has 228 valence electrons. The number of rotatable bonds is 11. The Morgan fingerprint density at radius 1 is 0.905 bits per heavy atom. The van der Waals surface area contributed by atoms with Crippen LogP contribution in [0.15, 0.2) is 80.3 Å². The van der Waals surface area contributed by atoms with Crippen LogP contribution in [0.25, 0.3) is 0 Å². The first-order chi connectivity index (χ1) is 20.2. The van der Waals surface area contributed by atoms with Crippen molar-refractivity contribution in [1.82, 2.24) is 21.3 Å². The Morgan fingerprint density at radius 2 is 1.50 bits per heavy atom. The molecule has 0 spiro atoms. The molecule has 0 aromatic heterocycles. The summed E-state index contributed by atoms with van der Waals surface area (Å²) in [5.41, 5.74) is 2.17. The summed E-state index contributed by atoms with van der Waals surface area (Å²) in [6.07, 6.45) is 0.737. The van der Waals surface area contributed by atoms with Gasteiger partial charge in [-0.05, 0) is 60.9 Å². The van der Waals surface area contributed by atoms with Gasteiger partial charge in [0.25, 0.3) is 0 Å². The van der Waals surface area contributed by atoms with Crippen molar-refractivity contribution >= 4 is 28.5 Å². The van der Waals surface area contributed by atoms with Crippen molar-refractivity contribution in [1.29, 1.82) is 0 Å². The van der Waals surface area contributed by atoms with Gasteiger partial charge in [0.2, 0.25) is 0 Å². The highest BCUT2D eigenvalue weighted by Gasteiger charge is 2.15. The molecular weight excluding hydrogens is 562 g/mol. The molecule has 0 aliphatic carbocycles. The molecule has 2 aromatic carbocycles. The van der Waals surface area contributed by atoms with Crippen LogP contribution in [-0.4, -0.2) is 59.0 Å². The fourth-order valence-corrected chi connectivity index (χ4v) is 4.24. The van der Waals surface area contributed by atoms with E-state index >= 15 is 0 Å². The maximum atomic E-state index is 10.5. The molecule has 0 atom stereocenters. The molecule has 0 bridgehead atoms. The number of carboxylic acids is 1. The molecule has 0 aliphatic rings. The van der Waals surface area contributed by atoms with E-state index < -0.39 is 22.3 Å². The highest BCUT2D eigenvalue weighted by Crippen LogP contribution is 2.47. The van der Waals surface area contributed by atoms with Gasteiger partial charge in [0.05, 0.1) is 42.3 Å². The van der Waals surface area contributed by atoms with Gasteiger partial charge in [0.15, 0.2) is 6.67 Å². The van der Waals surface area contributed by atoms with Crippen LogP contribution in [0.5, 0.6) is 0 Å². The molecule has 0 saturated heterocycles.